The van der Waals surface area contributed by atoms with E-state index in [1.807, 2.05) is 19.1 Å². The number of aromatic amines is 1. The van der Waals surface area contributed by atoms with Gasteiger partial charge >= 0.3 is 5.97 Å². The molecule has 2 atom stereocenters. The Labute approximate surface area is 128 Å². The van der Waals surface area contributed by atoms with Gasteiger partial charge in [0.05, 0.1) is 7.11 Å². The first-order chi connectivity index (χ1) is 10.5. The molecule has 118 valence electrons. The number of nitrogens with one attached hydrogen (secondary N) is 2. The van der Waals surface area contributed by atoms with Crippen LogP contribution in [0.3, 0.4) is 0 Å². The number of carboxylic acids is 1. The van der Waals surface area contributed by atoms with Gasteiger partial charge in [0.15, 0.2) is 0 Å². The Balaban J connectivity index is 2.23. The molecule has 0 bridgehead atoms. The van der Waals surface area contributed by atoms with E-state index in [1.165, 1.54) is 0 Å². The molecule has 0 radical (unpaired) electrons. The van der Waals surface area contributed by atoms with Gasteiger partial charge in [0.25, 0.3) is 5.91 Å². The Kier molecular flexibility index (Phi) is 4.70. The number of aliphatic carboxylic acids is 1. The molecule has 0 fully saturated rings. The van der Waals surface area contributed by atoms with Crippen molar-refractivity contribution < 1.29 is 19.4 Å². The largest absolute Gasteiger partial charge is 0.497 e. The number of amides is 1. The zero-order valence-electron chi connectivity index (χ0n) is 12.8. The van der Waals surface area contributed by atoms with Crippen LogP contribution >= 0.6 is 0 Å². The second-order valence-corrected chi connectivity index (χ2v) is 5.31. The van der Waals surface area contributed by atoms with Crippen molar-refractivity contribution in [2.75, 3.05) is 7.11 Å². The van der Waals surface area contributed by atoms with E-state index in [4.69, 9.17) is 4.74 Å². The Morgan fingerprint density at radius 3 is 2.68 bits per heavy atom. The summed E-state index contributed by atoms with van der Waals surface area (Å²) in [5, 5.41) is 12.6. The van der Waals surface area contributed by atoms with Gasteiger partial charge in [-0.2, -0.15) is 0 Å². The monoisotopic (exact) mass is 304 g/mol. The summed E-state index contributed by atoms with van der Waals surface area (Å²) in [6.45, 7) is 3.69. The highest BCUT2D eigenvalue weighted by Crippen LogP contribution is 2.21. The van der Waals surface area contributed by atoms with Crippen LogP contribution in [0.25, 0.3) is 10.9 Å². The van der Waals surface area contributed by atoms with E-state index in [0.717, 1.165) is 10.9 Å². The number of hydrogen-bond donors (Lipinski definition) is 3. The van der Waals surface area contributed by atoms with Gasteiger partial charge in [-0.3, -0.25) is 4.79 Å². The van der Waals surface area contributed by atoms with E-state index >= 15 is 0 Å². The van der Waals surface area contributed by atoms with E-state index < -0.39 is 17.9 Å². The molecule has 3 N–H and O–H groups in total. The molecule has 1 heterocycles. The molecule has 2 unspecified atom stereocenters. The molecular formula is C16H20N2O4. The Morgan fingerprint density at radius 2 is 2.09 bits per heavy atom. The molecular weight excluding hydrogens is 284 g/mol. The highest BCUT2D eigenvalue weighted by atomic mass is 16.5. The smallest absolute Gasteiger partial charge is 0.326 e. The van der Waals surface area contributed by atoms with E-state index in [9.17, 15) is 14.7 Å². The molecule has 6 nitrogen and oxygen atoms in total. The standard InChI is InChI=1S/C16H20N2O4/c1-4-9(2)14(16(20)21)18-15(19)13-8-10-7-11(22-3)5-6-12(10)17-13/h5-9,14,17H,4H2,1-3H3,(H,18,19)(H,20,21). The van der Waals surface area contributed by atoms with Gasteiger partial charge < -0.3 is 20.1 Å². The lowest BCUT2D eigenvalue weighted by atomic mass is 9.99. The molecule has 0 spiro atoms. The van der Waals surface area contributed by atoms with Crippen molar-refractivity contribution in [2.45, 2.75) is 26.3 Å². The van der Waals surface area contributed by atoms with Gasteiger partial charge in [-0.1, -0.05) is 20.3 Å². The quantitative estimate of drug-likeness (QED) is 0.764. The number of rotatable bonds is 6. The van der Waals surface area contributed by atoms with Crippen molar-refractivity contribution in [1.82, 2.24) is 10.3 Å². The summed E-state index contributed by atoms with van der Waals surface area (Å²) in [6.07, 6.45) is 0.668. The number of aromatic nitrogens is 1. The molecule has 0 aliphatic rings. The number of fused-ring (bicyclic) bond motifs is 1. The van der Waals surface area contributed by atoms with Crippen LogP contribution in [0.15, 0.2) is 24.3 Å². The number of hydrogen-bond acceptors (Lipinski definition) is 3. The average Bonchev–Trinajstić information content (AvgIpc) is 2.94. The van der Waals surface area contributed by atoms with Crippen LogP contribution in [-0.4, -0.2) is 35.1 Å². The Morgan fingerprint density at radius 1 is 1.36 bits per heavy atom. The van der Waals surface area contributed by atoms with Crippen LogP contribution < -0.4 is 10.1 Å². The summed E-state index contributed by atoms with van der Waals surface area (Å²) in [5.41, 5.74) is 1.12. The number of H-pyrrole nitrogens is 1. The first-order valence-electron chi connectivity index (χ1n) is 7.16. The normalized spacial score (nSPS) is 13.6. The van der Waals surface area contributed by atoms with Gasteiger partial charge in [0.2, 0.25) is 0 Å². The average molecular weight is 304 g/mol. The second-order valence-electron chi connectivity index (χ2n) is 5.31. The van der Waals surface area contributed by atoms with E-state index in [2.05, 4.69) is 10.3 Å². The number of ether oxygens (including phenoxy) is 1. The highest BCUT2D eigenvalue weighted by molar-refractivity contribution is 5.99. The van der Waals surface area contributed by atoms with Gasteiger partial charge in [0.1, 0.15) is 17.5 Å². The first kappa shape index (κ1) is 15.9. The van der Waals surface area contributed by atoms with Gasteiger partial charge in [-0.05, 0) is 30.2 Å². The molecule has 0 saturated carbocycles. The lowest BCUT2D eigenvalue weighted by molar-refractivity contribution is -0.140. The molecule has 0 saturated heterocycles. The van der Waals surface area contributed by atoms with Crippen LogP contribution in [-0.2, 0) is 4.79 Å². The molecule has 1 aromatic heterocycles. The molecule has 0 aliphatic carbocycles. The SMILES string of the molecule is CCC(C)C(NC(=O)c1cc2cc(OC)ccc2[nH]1)C(=O)O. The molecule has 2 rings (SSSR count). The predicted octanol–water partition coefficient (Wildman–Crippen LogP) is 2.41. The minimum Gasteiger partial charge on any atom is -0.497 e. The lowest BCUT2D eigenvalue weighted by Gasteiger charge is -2.19. The summed E-state index contributed by atoms with van der Waals surface area (Å²) < 4.78 is 5.14. The molecule has 6 heteroatoms. The number of carbonyl (C=O) groups is 2. The fraction of sp³-hybridized carbons (Fsp3) is 0.375. The summed E-state index contributed by atoms with van der Waals surface area (Å²) >= 11 is 0. The molecule has 2 aromatic rings. The van der Waals surface area contributed by atoms with Crippen molar-refractivity contribution >= 4 is 22.8 Å². The third-order valence-electron chi connectivity index (χ3n) is 3.84. The maximum absolute atomic E-state index is 12.3. The van der Waals surface area contributed by atoms with Crippen molar-refractivity contribution in [2.24, 2.45) is 5.92 Å². The predicted molar refractivity (Wildman–Crippen MR) is 83.2 cm³/mol. The molecule has 1 aromatic carbocycles. The number of carboxylic acid groups (broad SMARTS) is 1. The van der Waals surface area contributed by atoms with E-state index in [1.54, 1.807) is 26.2 Å². The molecule has 1 amide bonds. The van der Waals surface area contributed by atoms with Crippen LogP contribution in [0.5, 0.6) is 5.75 Å². The van der Waals surface area contributed by atoms with Gasteiger partial charge in [-0.15, -0.1) is 0 Å². The number of methoxy groups -OCH3 is 1. The van der Waals surface area contributed by atoms with Gasteiger partial charge in [0, 0.05) is 10.9 Å². The fourth-order valence-corrected chi connectivity index (χ4v) is 2.26. The summed E-state index contributed by atoms with van der Waals surface area (Å²) in [4.78, 5) is 26.5. The van der Waals surface area contributed by atoms with Crippen LogP contribution in [0.2, 0.25) is 0 Å². The van der Waals surface area contributed by atoms with Crippen molar-refractivity contribution in [3.63, 3.8) is 0 Å². The maximum Gasteiger partial charge on any atom is 0.326 e. The van der Waals surface area contributed by atoms with E-state index in [-0.39, 0.29) is 5.92 Å². The molecule has 22 heavy (non-hydrogen) atoms. The topological polar surface area (TPSA) is 91.4 Å². The third-order valence-corrected chi connectivity index (χ3v) is 3.84. The summed E-state index contributed by atoms with van der Waals surface area (Å²) in [5.74, 6) is -0.907. The summed E-state index contributed by atoms with van der Waals surface area (Å²) in [6, 6.07) is 6.20. The van der Waals surface area contributed by atoms with Gasteiger partial charge in [-0.25, -0.2) is 4.79 Å². The number of benzene rings is 1. The lowest BCUT2D eigenvalue weighted by Crippen LogP contribution is -2.45. The van der Waals surface area contributed by atoms with Crippen molar-refractivity contribution in [3.05, 3.63) is 30.0 Å². The van der Waals surface area contributed by atoms with Crippen LogP contribution in [0.1, 0.15) is 30.8 Å². The molecule has 0 aliphatic heterocycles. The minimum absolute atomic E-state index is 0.147. The third kappa shape index (κ3) is 3.21. The minimum atomic E-state index is -1.03. The highest BCUT2D eigenvalue weighted by Gasteiger charge is 2.26. The van der Waals surface area contributed by atoms with Crippen molar-refractivity contribution in [1.29, 1.82) is 0 Å². The van der Waals surface area contributed by atoms with Crippen LogP contribution in [0.4, 0.5) is 0 Å². The summed E-state index contributed by atoms with van der Waals surface area (Å²) in [7, 11) is 1.57. The maximum atomic E-state index is 12.3. The zero-order valence-corrected chi connectivity index (χ0v) is 12.8. The van der Waals surface area contributed by atoms with E-state index in [0.29, 0.717) is 17.9 Å². The first-order valence-corrected chi connectivity index (χ1v) is 7.16. The number of carbonyl (C=O) groups excluding carboxylic acids is 1. The Hall–Kier alpha value is -2.50. The van der Waals surface area contributed by atoms with Crippen LogP contribution in [0, 0.1) is 5.92 Å². The van der Waals surface area contributed by atoms with Crippen molar-refractivity contribution in [3.8, 4) is 5.75 Å². The zero-order chi connectivity index (χ0) is 16.3. The fourth-order valence-electron chi connectivity index (χ4n) is 2.26. The Bertz CT molecular complexity index is 693. The second kappa shape index (κ2) is 6.51.